The molecule has 9 nitrogen and oxygen atoms in total. The van der Waals surface area contributed by atoms with Gasteiger partial charge in [0, 0.05) is 25.5 Å². The van der Waals surface area contributed by atoms with Gasteiger partial charge in [0.05, 0.1) is 5.92 Å². The van der Waals surface area contributed by atoms with E-state index in [1.165, 1.54) is 11.3 Å². The fraction of sp³-hybridized carbons (Fsp3) is 0.375. The predicted octanol–water partition coefficient (Wildman–Crippen LogP) is 1.68. The zero-order valence-electron chi connectivity index (χ0n) is 14.2. The molecule has 3 aromatic heterocycles. The minimum atomic E-state index is -0.108. The Morgan fingerprint density at radius 1 is 1.23 bits per heavy atom. The summed E-state index contributed by atoms with van der Waals surface area (Å²) in [6.45, 7) is 3.34. The molecule has 10 heteroatoms. The highest BCUT2D eigenvalue weighted by molar-refractivity contribution is 7.15. The Morgan fingerprint density at radius 3 is 2.77 bits per heavy atom. The molecular weight excluding hydrogens is 352 g/mol. The highest BCUT2D eigenvalue weighted by Gasteiger charge is 2.27. The molecule has 4 rings (SSSR count). The average Bonchev–Trinajstić information content (AvgIpc) is 3.34. The van der Waals surface area contributed by atoms with Crippen molar-refractivity contribution in [2.45, 2.75) is 19.8 Å². The molecule has 4 heterocycles. The van der Waals surface area contributed by atoms with Gasteiger partial charge in [0.2, 0.25) is 11.0 Å². The third kappa shape index (κ3) is 3.54. The summed E-state index contributed by atoms with van der Waals surface area (Å²) in [4.78, 5) is 18.6. The Kier molecular flexibility index (Phi) is 4.57. The first-order chi connectivity index (χ1) is 12.7. The predicted molar refractivity (Wildman–Crippen MR) is 97.4 cm³/mol. The van der Waals surface area contributed by atoms with Crippen LogP contribution in [0.4, 0.5) is 10.9 Å². The first kappa shape index (κ1) is 16.6. The molecule has 0 radical (unpaired) electrons. The molecule has 1 N–H and O–H groups in total. The summed E-state index contributed by atoms with van der Waals surface area (Å²) in [7, 11) is 0. The van der Waals surface area contributed by atoms with Crippen LogP contribution in [-0.4, -0.2) is 48.9 Å². The van der Waals surface area contributed by atoms with E-state index in [4.69, 9.17) is 0 Å². The van der Waals surface area contributed by atoms with Crippen molar-refractivity contribution in [1.29, 1.82) is 0 Å². The van der Waals surface area contributed by atoms with E-state index >= 15 is 0 Å². The lowest BCUT2D eigenvalue weighted by Gasteiger charge is -2.32. The number of rotatable bonds is 4. The van der Waals surface area contributed by atoms with Crippen LogP contribution >= 0.6 is 11.3 Å². The number of carbonyl (C=O) groups excluding carboxylic acids is 1. The third-order valence-electron chi connectivity index (χ3n) is 4.28. The van der Waals surface area contributed by atoms with Crippen molar-refractivity contribution in [2.75, 3.05) is 23.3 Å². The van der Waals surface area contributed by atoms with Crippen LogP contribution in [0, 0.1) is 12.8 Å². The van der Waals surface area contributed by atoms with Gasteiger partial charge in [0.1, 0.15) is 11.3 Å². The largest absolute Gasteiger partial charge is 0.354 e. The standard InChI is InChI=1S/C16H18N8OS/c1-11-19-22-16(26-11)18-15(25)12-3-2-7-23(9-12)13-4-5-14(21-20-13)24-8-6-17-10-24/h4-6,8,10,12H,2-3,7,9H2,1H3,(H,18,22,25)/t12-/m1/s1. The van der Waals surface area contributed by atoms with Gasteiger partial charge in [0.25, 0.3) is 0 Å². The quantitative estimate of drug-likeness (QED) is 0.745. The van der Waals surface area contributed by atoms with Crippen molar-refractivity contribution in [2.24, 2.45) is 5.92 Å². The number of aromatic nitrogens is 6. The second kappa shape index (κ2) is 7.16. The molecule has 1 saturated heterocycles. The summed E-state index contributed by atoms with van der Waals surface area (Å²) in [6.07, 6.45) is 6.97. The van der Waals surface area contributed by atoms with Crippen LogP contribution in [0.5, 0.6) is 0 Å². The van der Waals surface area contributed by atoms with E-state index in [9.17, 15) is 4.79 Å². The van der Waals surface area contributed by atoms with E-state index in [1.54, 1.807) is 17.1 Å². The van der Waals surface area contributed by atoms with E-state index in [0.29, 0.717) is 17.5 Å². The van der Waals surface area contributed by atoms with Gasteiger partial charge in [-0.2, -0.15) is 0 Å². The smallest absolute Gasteiger partial charge is 0.231 e. The number of nitrogens with one attached hydrogen (secondary N) is 1. The zero-order chi connectivity index (χ0) is 17.9. The Morgan fingerprint density at radius 2 is 2.08 bits per heavy atom. The summed E-state index contributed by atoms with van der Waals surface area (Å²) < 4.78 is 1.80. The molecule has 3 aromatic rings. The van der Waals surface area contributed by atoms with E-state index in [-0.39, 0.29) is 11.8 Å². The van der Waals surface area contributed by atoms with E-state index in [2.05, 4.69) is 35.6 Å². The Bertz CT molecular complexity index is 876. The lowest BCUT2D eigenvalue weighted by atomic mass is 9.97. The molecule has 0 spiro atoms. The van der Waals surface area contributed by atoms with Crippen LogP contribution in [-0.2, 0) is 4.79 Å². The number of nitrogens with zero attached hydrogens (tertiary/aromatic N) is 7. The zero-order valence-corrected chi connectivity index (χ0v) is 15.1. The Balaban J connectivity index is 1.42. The molecule has 134 valence electrons. The lowest BCUT2D eigenvalue weighted by molar-refractivity contribution is -0.120. The van der Waals surface area contributed by atoms with E-state index in [0.717, 1.165) is 30.2 Å². The van der Waals surface area contributed by atoms with Gasteiger partial charge in [-0.15, -0.1) is 20.4 Å². The molecule has 1 aliphatic heterocycles. The molecule has 0 unspecified atom stereocenters. The number of amides is 1. The van der Waals surface area contributed by atoms with Crippen molar-refractivity contribution < 1.29 is 4.79 Å². The fourth-order valence-electron chi connectivity index (χ4n) is 2.97. The molecule has 0 bridgehead atoms. The number of imidazole rings is 1. The maximum absolute atomic E-state index is 12.5. The molecule has 1 fully saturated rings. The maximum atomic E-state index is 12.5. The monoisotopic (exact) mass is 370 g/mol. The number of aryl methyl sites for hydroxylation is 1. The Labute approximate surface area is 154 Å². The van der Waals surface area contributed by atoms with Crippen LogP contribution in [0.3, 0.4) is 0 Å². The third-order valence-corrected chi connectivity index (χ3v) is 5.03. The number of hydrogen-bond donors (Lipinski definition) is 1. The normalized spacial score (nSPS) is 17.3. The molecule has 1 atom stereocenters. The van der Waals surface area contributed by atoms with Crippen LogP contribution in [0.2, 0.25) is 0 Å². The van der Waals surface area contributed by atoms with Gasteiger partial charge in [-0.25, -0.2) is 4.98 Å². The highest BCUT2D eigenvalue weighted by atomic mass is 32.1. The number of anilines is 2. The molecule has 0 aromatic carbocycles. The first-order valence-corrected chi connectivity index (χ1v) is 9.18. The van der Waals surface area contributed by atoms with Gasteiger partial charge in [-0.1, -0.05) is 11.3 Å². The molecule has 0 aliphatic carbocycles. The lowest BCUT2D eigenvalue weighted by Crippen LogP contribution is -2.41. The van der Waals surface area contributed by atoms with Crippen molar-refractivity contribution in [3.63, 3.8) is 0 Å². The summed E-state index contributed by atoms with van der Waals surface area (Å²) in [6, 6.07) is 3.83. The van der Waals surface area contributed by atoms with Crippen LogP contribution in [0.15, 0.2) is 30.9 Å². The summed E-state index contributed by atoms with van der Waals surface area (Å²) in [5, 5.41) is 20.7. The van der Waals surface area contributed by atoms with E-state index in [1.807, 2.05) is 25.3 Å². The minimum Gasteiger partial charge on any atom is -0.354 e. The molecular formula is C16H18N8OS. The average molecular weight is 370 g/mol. The Hall–Kier alpha value is -2.88. The van der Waals surface area contributed by atoms with Crippen LogP contribution in [0.25, 0.3) is 5.82 Å². The molecule has 1 aliphatic rings. The fourth-order valence-corrected chi connectivity index (χ4v) is 3.57. The van der Waals surface area contributed by atoms with Crippen LogP contribution in [0.1, 0.15) is 17.8 Å². The highest BCUT2D eigenvalue weighted by Crippen LogP contribution is 2.23. The number of piperidine rings is 1. The van der Waals surface area contributed by atoms with E-state index < -0.39 is 0 Å². The van der Waals surface area contributed by atoms with Gasteiger partial charge in [-0.3, -0.25) is 9.36 Å². The molecule has 1 amide bonds. The van der Waals surface area contributed by atoms with Gasteiger partial charge < -0.3 is 10.2 Å². The number of hydrogen-bond acceptors (Lipinski definition) is 8. The minimum absolute atomic E-state index is 0.0196. The summed E-state index contributed by atoms with van der Waals surface area (Å²) in [5.74, 6) is 1.36. The first-order valence-electron chi connectivity index (χ1n) is 8.37. The molecule has 26 heavy (non-hydrogen) atoms. The van der Waals surface area contributed by atoms with Crippen molar-refractivity contribution >= 4 is 28.2 Å². The van der Waals surface area contributed by atoms with Crippen molar-refractivity contribution in [3.8, 4) is 5.82 Å². The second-order valence-electron chi connectivity index (χ2n) is 6.12. The van der Waals surface area contributed by atoms with Gasteiger partial charge in [-0.05, 0) is 31.9 Å². The summed E-state index contributed by atoms with van der Waals surface area (Å²) >= 11 is 1.38. The van der Waals surface area contributed by atoms with Crippen molar-refractivity contribution in [1.82, 2.24) is 29.9 Å². The van der Waals surface area contributed by atoms with Crippen LogP contribution < -0.4 is 10.2 Å². The maximum Gasteiger partial charge on any atom is 0.231 e. The van der Waals surface area contributed by atoms with Gasteiger partial charge >= 0.3 is 0 Å². The number of carbonyl (C=O) groups is 1. The van der Waals surface area contributed by atoms with Crippen molar-refractivity contribution in [3.05, 3.63) is 35.9 Å². The second-order valence-corrected chi connectivity index (χ2v) is 7.30. The summed E-state index contributed by atoms with van der Waals surface area (Å²) in [5.41, 5.74) is 0. The SMILES string of the molecule is Cc1nnc(NC(=O)[C@@H]2CCCN(c3ccc(-n4ccnc4)nn3)C2)s1. The topological polar surface area (TPSA) is 102 Å². The van der Waals surface area contributed by atoms with Gasteiger partial charge in [0.15, 0.2) is 11.6 Å². The molecule has 0 saturated carbocycles.